The van der Waals surface area contributed by atoms with Gasteiger partial charge in [-0.15, -0.1) is 0 Å². The molecule has 0 aromatic heterocycles. The molecular weight excluding hydrogens is 274 g/mol. The maximum atomic E-state index is 13.0. The second-order valence-electron chi connectivity index (χ2n) is 3.86. The zero-order valence-electron chi connectivity index (χ0n) is 9.29. The molecule has 0 aliphatic rings. The Balaban J connectivity index is 2.19. The van der Waals surface area contributed by atoms with Gasteiger partial charge in [0.15, 0.2) is 5.78 Å². The molecule has 0 spiro atoms. The van der Waals surface area contributed by atoms with Crippen LogP contribution in [0.2, 0.25) is 10.0 Å². The summed E-state index contributed by atoms with van der Waals surface area (Å²) in [7, 11) is 0. The molecule has 0 N–H and O–H groups in total. The third-order valence-electron chi connectivity index (χ3n) is 2.50. The molecule has 0 bridgehead atoms. The minimum atomic E-state index is -0.352. The molecular formula is C14H9Cl2FO. The zero-order valence-corrected chi connectivity index (χ0v) is 10.8. The number of Topliss-reactive ketones (excluding diaryl/α,β-unsaturated/α-hetero) is 1. The molecule has 2 aromatic carbocycles. The Morgan fingerprint density at radius 3 is 2.50 bits per heavy atom. The van der Waals surface area contributed by atoms with Gasteiger partial charge in [0, 0.05) is 12.0 Å². The highest BCUT2D eigenvalue weighted by Gasteiger charge is 2.09. The maximum Gasteiger partial charge on any atom is 0.167 e. The lowest BCUT2D eigenvalue weighted by atomic mass is 10.0. The lowest BCUT2D eigenvalue weighted by Gasteiger charge is -2.03. The van der Waals surface area contributed by atoms with Crippen LogP contribution in [0.15, 0.2) is 42.5 Å². The Hall–Kier alpha value is -1.38. The summed E-state index contributed by atoms with van der Waals surface area (Å²) in [5.41, 5.74) is 1.10. The van der Waals surface area contributed by atoms with Gasteiger partial charge < -0.3 is 0 Å². The van der Waals surface area contributed by atoms with Gasteiger partial charge in [0.1, 0.15) is 5.82 Å². The summed E-state index contributed by atoms with van der Waals surface area (Å²) < 4.78 is 13.0. The van der Waals surface area contributed by atoms with Crippen LogP contribution in [0.3, 0.4) is 0 Å². The van der Waals surface area contributed by atoms with Crippen molar-refractivity contribution in [3.05, 3.63) is 69.5 Å². The van der Waals surface area contributed by atoms with Gasteiger partial charge in [0.2, 0.25) is 0 Å². The average Bonchev–Trinajstić information content (AvgIpc) is 2.32. The highest BCUT2D eigenvalue weighted by atomic mass is 35.5. The second-order valence-corrected chi connectivity index (χ2v) is 4.67. The Kier molecular flexibility index (Phi) is 4.00. The van der Waals surface area contributed by atoms with Crippen LogP contribution in [-0.2, 0) is 6.42 Å². The summed E-state index contributed by atoms with van der Waals surface area (Å²) in [6.45, 7) is 0. The fourth-order valence-corrected chi connectivity index (χ4v) is 1.90. The van der Waals surface area contributed by atoms with E-state index in [9.17, 15) is 9.18 Å². The van der Waals surface area contributed by atoms with Crippen LogP contribution < -0.4 is 0 Å². The van der Waals surface area contributed by atoms with E-state index in [0.29, 0.717) is 21.2 Å². The van der Waals surface area contributed by atoms with Crippen LogP contribution in [0.25, 0.3) is 0 Å². The molecule has 0 heterocycles. The summed E-state index contributed by atoms with van der Waals surface area (Å²) in [6, 6.07) is 10.7. The summed E-state index contributed by atoms with van der Waals surface area (Å²) >= 11 is 11.6. The van der Waals surface area contributed by atoms with E-state index in [0.717, 1.165) is 0 Å². The Morgan fingerprint density at radius 2 is 1.83 bits per heavy atom. The van der Waals surface area contributed by atoms with E-state index in [2.05, 4.69) is 0 Å². The van der Waals surface area contributed by atoms with Crippen molar-refractivity contribution in [1.29, 1.82) is 0 Å². The maximum absolute atomic E-state index is 13.0. The van der Waals surface area contributed by atoms with Crippen molar-refractivity contribution in [3.8, 4) is 0 Å². The number of benzene rings is 2. The minimum Gasteiger partial charge on any atom is -0.294 e. The predicted octanol–water partition coefficient (Wildman–Crippen LogP) is 4.56. The lowest BCUT2D eigenvalue weighted by molar-refractivity contribution is 0.0993. The Morgan fingerprint density at radius 1 is 1.06 bits per heavy atom. The van der Waals surface area contributed by atoms with Crippen LogP contribution in [-0.4, -0.2) is 5.78 Å². The average molecular weight is 283 g/mol. The van der Waals surface area contributed by atoms with E-state index in [-0.39, 0.29) is 18.0 Å². The molecule has 2 aromatic rings. The summed E-state index contributed by atoms with van der Waals surface area (Å²) in [6.07, 6.45) is 0.135. The van der Waals surface area contributed by atoms with Gasteiger partial charge in [-0.2, -0.15) is 0 Å². The first-order valence-corrected chi connectivity index (χ1v) is 6.04. The van der Waals surface area contributed by atoms with Gasteiger partial charge in [-0.3, -0.25) is 4.79 Å². The van der Waals surface area contributed by atoms with Crippen molar-refractivity contribution >= 4 is 29.0 Å². The van der Waals surface area contributed by atoms with Gasteiger partial charge >= 0.3 is 0 Å². The summed E-state index contributed by atoms with van der Waals surface area (Å²) in [5.74, 6) is -0.478. The SMILES string of the molecule is O=C(Cc1cccc(F)c1)c1ccc(Cl)c(Cl)c1. The van der Waals surface area contributed by atoms with Crippen molar-refractivity contribution in [2.75, 3.05) is 0 Å². The second kappa shape index (κ2) is 5.51. The monoisotopic (exact) mass is 282 g/mol. The zero-order chi connectivity index (χ0) is 13.1. The molecule has 0 aliphatic carbocycles. The molecule has 0 atom stereocenters. The minimum absolute atomic E-state index is 0.126. The van der Waals surface area contributed by atoms with Gasteiger partial charge in [-0.25, -0.2) is 4.39 Å². The van der Waals surface area contributed by atoms with Gasteiger partial charge in [0.05, 0.1) is 10.0 Å². The first kappa shape index (κ1) is 13.1. The van der Waals surface area contributed by atoms with Crippen molar-refractivity contribution < 1.29 is 9.18 Å². The molecule has 0 aliphatic heterocycles. The Labute approximate surface area is 114 Å². The molecule has 0 unspecified atom stereocenters. The number of halogens is 3. The molecule has 18 heavy (non-hydrogen) atoms. The fraction of sp³-hybridized carbons (Fsp3) is 0.0714. The number of hydrogen-bond acceptors (Lipinski definition) is 1. The predicted molar refractivity (Wildman–Crippen MR) is 70.9 cm³/mol. The van der Waals surface area contributed by atoms with E-state index in [1.807, 2.05) is 0 Å². The molecule has 4 heteroatoms. The van der Waals surface area contributed by atoms with Gasteiger partial charge in [-0.1, -0.05) is 35.3 Å². The highest BCUT2D eigenvalue weighted by molar-refractivity contribution is 6.42. The van der Waals surface area contributed by atoms with Crippen LogP contribution in [0, 0.1) is 5.82 Å². The summed E-state index contributed by atoms with van der Waals surface area (Å²) in [4.78, 5) is 12.0. The van der Waals surface area contributed by atoms with E-state index in [4.69, 9.17) is 23.2 Å². The van der Waals surface area contributed by atoms with Crippen LogP contribution in [0.4, 0.5) is 4.39 Å². The van der Waals surface area contributed by atoms with Crippen LogP contribution >= 0.6 is 23.2 Å². The van der Waals surface area contributed by atoms with Gasteiger partial charge in [-0.05, 0) is 35.9 Å². The normalized spacial score (nSPS) is 10.4. The molecule has 0 saturated carbocycles. The first-order valence-electron chi connectivity index (χ1n) is 5.29. The summed E-state index contributed by atoms with van der Waals surface area (Å²) in [5, 5.41) is 0.737. The molecule has 1 nitrogen and oxygen atoms in total. The van der Waals surface area contributed by atoms with Gasteiger partial charge in [0.25, 0.3) is 0 Å². The van der Waals surface area contributed by atoms with Crippen molar-refractivity contribution in [2.45, 2.75) is 6.42 Å². The van der Waals surface area contributed by atoms with E-state index < -0.39 is 0 Å². The number of hydrogen-bond donors (Lipinski definition) is 0. The van der Waals surface area contributed by atoms with Crippen LogP contribution in [0.5, 0.6) is 0 Å². The number of rotatable bonds is 3. The number of ketones is 1. The highest BCUT2D eigenvalue weighted by Crippen LogP contribution is 2.23. The third-order valence-corrected chi connectivity index (χ3v) is 3.23. The molecule has 0 amide bonds. The first-order chi connectivity index (χ1) is 8.56. The number of carbonyl (C=O) groups is 1. The largest absolute Gasteiger partial charge is 0.294 e. The van der Waals surface area contributed by atoms with E-state index in [1.54, 1.807) is 24.3 Å². The lowest BCUT2D eigenvalue weighted by Crippen LogP contribution is -2.03. The smallest absolute Gasteiger partial charge is 0.167 e. The molecule has 0 saturated heterocycles. The third kappa shape index (κ3) is 3.09. The quantitative estimate of drug-likeness (QED) is 0.755. The molecule has 92 valence electrons. The van der Waals surface area contributed by atoms with Crippen molar-refractivity contribution in [2.24, 2.45) is 0 Å². The van der Waals surface area contributed by atoms with Crippen molar-refractivity contribution in [3.63, 3.8) is 0 Å². The molecule has 0 radical (unpaired) electrons. The Bertz CT molecular complexity index is 596. The van der Waals surface area contributed by atoms with E-state index >= 15 is 0 Å². The van der Waals surface area contributed by atoms with Crippen LogP contribution in [0.1, 0.15) is 15.9 Å². The standard InChI is InChI=1S/C14H9Cl2FO/c15-12-5-4-10(8-13(12)16)14(18)7-9-2-1-3-11(17)6-9/h1-6,8H,7H2. The molecule has 2 rings (SSSR count). The topological polar surface area (TPSA) is 17.1 Å². The number of carbonyl (C=O) groups excluding carboxylic acids is 1. The van der Waals surface area contributed by atoms with E-state index in [1.165, 1.54) is 18.2 Å². The fourth-order valence-electron chi connectivity index (χ4n) is 1.60. The molecule has 0 fully saturated rings. The van der Waals surface area contributed by atoms with Crippen molar-refractivity contribution in [1.82, 2.24) is 0 Å².